The minimum Gasteiger partial charge on any atom is -0.377 e. The van der Waals surface area contributed by atoms with Crippen molar-refractivity contribution in [2.45, 2.75) is 19.4 Å². The third-order valence-corrected chi connectivity index (χ3v) is 3.40. The number of ether oxygens (including phenoxy) is 1. The maximum absolute atomic E-state index is 12.7. The SMILES string of the molecule is CC1(C)COCCN1C(=O)c1cnn2cccnc12. The van der Waals surface area contributed by atoms with Gasteiger partial charge in [-0.05, 0) is 19.9 Å². The number of rotatable bonds is 1. The quantitative estimate of drug-likeness (QED) is 0.767. The lowest BCUT2D eigenvalue weighted by molar-refractivity contribution is -0.0369. The zero-order valence-corrected chi connectivity index (χ0v) is 11.0. The van der Waals surface area contributed by atoms with Gasteiger partial charge in [-0.1, -0.05) is 0 Å². The highest BCUT2D eigenvalue weighted by atomic mass is 16.5. The molecular weight excluding hydrogens is 244 g/mol. The number of fused-ring (bicyclic) bond motifs is 1. The standard InChI is InChI=1S/C13H16N4O2/c1-13(2)9-19-7-6-16(13)12(18)10-8-15-17-5-3-4-14-11(10)17/h3-5,8H,6-7,9H2,1-2H3. The van der Waals surface area contributed by atoms with E-state index in [0.29, 0.717) is 31.0 Å². The molecular formula is C13H16N4O2. The van der Waals surface area contributed by atoms with Gasteiger partial charge >= 0.3 is 0 Å². The molecule has 0 unspecified atom stereocenters. The number of carbonyl (C=O) groups excluding carboxylic acids is 1. The number of hydrogen-bond acceptors (Lipinski definition) is 4. The Bertz CT molecular complexity index is 620. The lowest BCUT2D eigenvalue weighted by Gasteiger charge is -2.41. The van der Waals surface area contributed by atoms with Crippen LogP contribution in [0.2, 0.25) is 0 Å². The minimum absolute atomic E-state index is 0.0398. The molecule has 0 aliphatic carbocycles. The van der Waals surface area contributed by atoms with Gasteiger partial charge in [0.2, 0.25) is 0 Å². The highest BCUT2D eigenvalue weighted by molar-refractivity contribution is 6.00. The van der Waals surface area contributed by atoms with Crippen molar-refractivity contribution in [1.29, 1.82) is 0 Å². The van der Waals surface area contributed by atoms with Crippen molar-refractivity contribution in [2.24, 2.45) is 0 Å². The predicted molar refractivity (Wildman–Crippen MR) is 68.9 cm³/mol. The van der Waals surface area contributed by atoms with E-state index in [1.54, 1.807) is 29.2 Å². The van der Waals surface area contributed by atoms with E-state index in [9.17, 15) is 4.79 Å². The molecule has 2 aromatic heterocycles. The molecule has 1 aliphatic heterocycles. The van der Waals surface area contributed by atoms with Crippen molar-refractivity contribution < 1.29 is 9.53 Å². The molecule has 100 valence electrons. The fraction of sp³-hybridized carbons (Fsp3) is 0.462. The molecule has 0 spiro atoms. The van der Waals surface area contributed by atoms with Gasteiger partial charge in [0.1, 0.15) is 5.56 Å². The highest BCUT2D eigenvalue weighted by Gasteiger charge is 2.35. The second-order valence-corrected chi connectivity index (χ2v) is 5.27. The van der Waals surface area contributed by atoms with Gasteiger partial charge < -0.3 is 9.64 Å². The number of aromatic nitrogens is 3. The molecule has 19 heavy (non-hydrogen) atoms. The molecule has 1 saturated heterocycles. The lowest BCUT2D eigenvalue weighted by Crippen LogP contribution is -2.55. The van der Waals surface area contributed by atoms with Crippen LogP contribution in [0.3, 0.4) is 0 Å². The van der Waals surface area contributed by atoms with E-state index in [1.807, 2.05) is 18.7 Å². The average molecular weight is 260 g/mol. The summed E-state index contributed by atoms with van der Waals surface area (Å²) in [5.41, 5.74) is 0.823. The molecule has 6 nitrogen and oxygen atoms in total. The summed E-state index contributed by atoms with van der Waals surface area (Å²) in [6.45, 7) is 5.72. The van der Waals surface area contributed by atoms with Crippen LogP contribution in [0.5, 0.6) is 0 Å². The summed E-state index contributed by atoms with van der Waals surface area (Å²) in [4.78, 5) is 18.7. The van der Waals surface area contributed by atoms with E-state index < -0.39 is 0 Å². The topological polar surface area (TPSA) is 59.7 Å². The highest BCUT2D eigenvalue weighted by Crippen LogP contribution is 2.22. The number of nitrogens with zero attached hydrogens (tertiary/aromatic N) is 4. The Morgan fingerprint density at radius 3 is 3.11 bits per heavy atom. The largest absolute Gasteiger partial charge is 0.377 e. The van der Waals surface area contributed by atoms with Crippen LogP contribution in [-0.2, 0) is 4.74 Å². The predicted octanol–water partition coefficient (Wildman–Crippen LogP) is 0.980. The summed E-state index contributed by atoms with van der Waals surface area (Å²) in [6.07, 6.45) is 5.03. The number of hydrogen-bond donors (Lipinski definition) is 0. The van der Waals surface area contributed by atoms with Crippen molar-refractivity contribution in [3.8, 4) is 0 Å². The molecule has 0 N–H and O–H groups in total. The third kappa shape index (κ3) is 1.98. The van der Waals surface area contributed by atoms with Crippen LogP contribution in [-0.4, -0.2) is 50.7 Å². The van der Waals surface area contributed by atoms with Gasteiger partial charge in [-0.3, -0.25) is 4.79 Å². The third-order valence-electron chi connectivity index (χ3n) is 3.40. The first kappa shape index (κ1) is 12.1. The van der Waals surface area contributed by atoms with Crippen molar-refractivity contribution in [3.63, 3.8) is 0 Å². The minimum atomic E-state index is -0.307. The van der Waals surface area contributed by atoms with Gasteiger partial charge in [-0.15, -0.1) is 0 Å². The molecule has 0 saturated carbocycles. The summed E-state index contributed by atoms with van der Waals surface area (Å²) >= 11 is 0. The van der Waals surface area contributed by atoms with E-state index >= 15 is 0 Å². The van der Waals surface area contributed by atoms with Crippen molar-refractivity contribution in [2.75, 3.05) is 19.8 Å². The van der Waals surface area contributed by atoms with Crippen LogP contribution in [0.25, 0.3) is 5.65 Å². The smallest absolute Gasteiger partial charge is 0.259 e. The number of amides is 1. The molecule has 1 aliphatic rings. The zero-order valence-electron chi connectivity index (χ0n) is 11.0. The van der Waals surface area contributed by atoms with Crippen LogP contribution in [0.1, 0.15) is 24.2 Å². The summed E-state index contributed by atoms with van der Waals surface area (Å²) in [6, 6.07) is 1.78. The maximum atomic E-state index is 12.7. The second kappa shape index (κ2) is 4.31. The normalized spacial score (nSPS) is 18.7. The van der Waals surface area contributed by atoms with Crippen LogP contribution >= 0.6 is 0 Å². The fourth-order valence-corrected chi connectivity index (χ4v) is 2.36. The first-order valence-electron chi connectivity index (χ1n) is 6.28. The fourth-order valence-electron chi connectivity index (χ4n) is 2.36. The van der Waals surface area contributed by atoms with Crippen LogP contribution in [0.4, 0.5) is 0 Å². The van der Waals surface area contributed by atoms with Gasteiger partial charge in [-0.25, -0.2) is 9.50 Å². The first-order chi connectivity index (χ1) is 9.09. The molecule has 0 radical (unpaired) electrons. The van der Waals surface area contributed by atoms with Crippen molar-refractivity contribution in [1.82, 2.24) is 19.5 Å². The molecule has 0 atom stereocenters. The summed E-state index contributed by atoms with van der Waals surface area (Å²) in [7, 11) is 0. The molecule has 3 heterocycles. The van der Waals surface area contributed by atoms with E-state index in [-0.39, 0.29) is 11.4 Å². The Balaban J connectivity index is 1.99. The Labute approximate surface area is 111 Å². The Morgan fingerprint density at radius 1 is 1.47 bits per heavy atom. The van der Waals surface area contributed by atoms with Gasteiger partial charge in [0, 0.05) is 18.9 Å². The molecule has 1 amide bonds. The van der Waals surface area contributed by atoms with Crippen LogP contribution in [0.15, 0.2) is 24.7 Å². The van der Waals surface area contributed by atoms with Crippen molar-refractivity contribution >= 4 is 11.6 Å². The number of carbonyl (C=O) groups is 1. The molecule has 1 fully saturated rings. The van der Waals surface area contributed by atoms with E-state index in [4.69, 9.17) is 4.74 Å². The monoisotopic (exact) mass is 260 g/mol. The number of morpholine rings is 1. The van der Waals surface area contributed by atoms with E-state index in [2.05, 4.69) is 10.1 Å². The van der Waals surface area contributed by atoms with Gasteiger partial charge in [0.25, 0.3) is 5.91 Å². The molecule has 0 bridgehead atoms. The van der Waals surface area contributed by atoms with E-state index in [0.717, 1.165) is 0 Å². The first-order valence-corrected chi connectivity index (χ1v) is 6.28. The average Bonchev–Trinajstić information content (AvgIpc) is 2.81. The van der Waals surface area contributed by atoms with Gasteiger partial charge in [0.05, 0.1) is 24.9 Å². The molecule has 2 aromatic rings. The van der Waals surface area contributed by atoms with Gasteiger partial charge in [0.15, 0.2) is 5.65 Å². The Hall–Kier alpha value is -1.95. The Morgan fingerprint density at radius 2 is 2.32 bits per heavy atom. The van der Waals surface area contributed by atoms with E-state index in [1.165, 1.54) is 0 Å². The summed E-state index contributed by atoms with van der Waals surface area (Å²) in [5.74, 6) is -0.0398. The molecule has 3 rings (SSSR count). The summed E-state index contributed by atoms with van der Waals surface area (Å²) < 4.78 is 7.05. The van der Waals surface area contributed by atoms with Crippen LogP contribution in [0, 0.1) is 0 Å². The van der Waals surface area contributed by atoms with Crippen LogP contribution < -0.4 is 0 Å². The second-order valence-electron chi connectivity index (χ2n) is 5.27. The lowest BCUT2D eigenvalue weighted by atomic mass is 10.0. The maximum Gasteiger partial charge on any atom is 0.259 e. The summed E-state index contributed by atoms with van der Waals surface area (Å²) in [5, 5.41) is 4.16. The Kier molecular flexibility index (Phi) is 2.74. The molecule has 6 heteroatoms. The zero-order chi connectivity index (χ0) is 13.5. The van der Waals surface area contributed by atoms with Gasteiger partial charge in [-0.2, -0.15) is 5.10 Å². The van der Waals surface area contributed by atoms with Crippen molar-refractivity contribution in [3.05, 3.63) is 30.2 Å². The molecule has 0 aromatic carbocycles.